The molecule has 0 rings (SSSR count). The van der Waals surface area contributed by atoms with Crippen LogP contribution in [0.3, 0.4) is 0 Å². The number of aliphatic hydroxyl groups is 2. The van der Waals surface area contributed by atoms with E-state index in [1.165, 1.54) is 0 Å². The minimum atomic E-state index is -0.303. The zero-order valence-electron chi connectivity index (χ0n) is 8.54. The summed E-state index contributed by atoms with van der Waals surface area (Å²) in [5.74, 6) is 0. The van der Waals surface area contributed by atoms with E-state index in [-0.39, 0.29) is 6.10 Å². The third-order valence-electron chi connectivity index (χ3n) is 2.05. The topological polar surface area (TPSA) is 49.7 Å². The van der Waals surface area contributed by atoms with Gasteiger partial charge in [-0.05, 0) is 12.8 Å². The Morgan fingerprint density at radius 3 is 2.31 bits per heavy atom. The minimum Gasteiger partial charge on any atom is -0.396 e. The zero-order chi connectivity index (χ0) is 9.94. The van der Waals surface area contributed by atoms with Crippen LogP contribution in [-0.2, 0) is 4.74 Å². The molecule has 0 bridgehead atoms. The van der Waals surface area contributed by atoms with E-state index < -0.39 is 0 Å². The van der Waals surface area contributed by atoms with Crippen LogP contribution in [0.25, 0.3) is 0 Å². The fourth-order valence-electron chi connectivity index (χ4n) is 1.30. The van der Waals surface area contributed by atoms with Crippen molar-refractivity contribution in [1.82, 2.24) is 0 Å². The number of unbranched alkanes of at least 4 members (excludes halogenated alkanes) is 4. The van der Waals surface area contributed by atoms with Crippen LogP contribution in [-0.4, -0.2) is 36.6 Å². The van der Waals surface area contributed by atoms with Crippen molar-refractivity contribution in [3.05, 3.63) is 0 Å². The van der Waals surface area contributed by atoms with E-state index in [9.17, 15) is 5.11 Å². The van der Waals surface area contributed by atoms with E-state index in [2.05, 4.69) is 0 Å². The molecule has 0 saturated heterocycles. The van der Waals surface area contributed by atoms with Crippen LogP contribution in [0.15, 0.2) is 0 Å². The number of hydrogen-bond acceptors (Lipinski definition) is 3. The third-order valence-corrected chi connectivity index (χ3v) is 2.05. The molecule has 0 aromatic carbocycles. The molecule has 13 heavy (non-hydrogen) atoms. The van der Waals surface area contributed by atoms with E-state index in [1.54, 1.807) is 7.11 Å². The smallest absolute Gasteiger partial charge is 0.0773 e. The third kappa shape index (κ3) is 9.80. The summed E-state index contributed by atoms with van der Waals surface area (Å²) >= 11 is 0. The summed E-state index contributed by atoms with van der Waals surface area (Å²) < 4.78 is 4.82. The molecule has 0 heterocycles. The average Bonchev–Trinajstić information content (AvgIpc) is 2.11. The first-order chi connectivity index (χ1) is 6.31. The highest BCUT2D eigenvalue weighted by atomic mass is 16.5. The molecule has 3 heteroatoms. The Morgan fingerprint density at radius 1 is 1.08 bits per heavy atom. The highest BCUT2D eigenvalue weighted by Crippen LogP contribution is 2.07. The summed E-state index contributed by atoms with van der Waals surface area (Å²) in [5.41, 5.74) is 0. The molecule has 0 fully saturated rings. The minimum absolute atomic E-state index is 0.298. The molecule has 0 aliphatic heterocycles. The second-order valence-corrected chi connectivity index (χ2v) is 3.39. The van der Waals surface area contributed by atoms with Gasteiger partial charge in [-0.2, -0.15) is 0 Å². The van der Waals surface area contributed by atoms with Gasteiger partial charge < -0.3 is 14.9 Å². The molecule has 1 unspecified atom stereocenters. The maximum atomic E-state index is 9.29. The molecule has 0 amide bonds. The molecule has 0 radical (unpaired) electrons. The number of rotatable bonds is 9. The molecule has 2 N–H and O–H groups in total. The van der Waals surface area contributed by atoms with Gasteiger partial charge in [-0.25, -0.2) is 0 Å². The van der Waals surface area contributed by atoms with Crippen LogP contribution < -0.4 is 0 Å². The number of methoxy groups -OCH3 is 1. The Morgan fingerprint density at radius 2 is 1.69 bits per heavy atom. The molecule has 0 spiro atoms. The first-order valence-electron chi connectivity index (χ1n) is 5.09. The van der Waals surface area contributed by atoms with Crippen molar-refractivity contribution in [1.29, 1.82) is 0 Å². The van der Waals surface area contributed by atoms with Gasteiger partial charge in [0, 0.05) is 13.7 Å². The normalized spacial score (nSPS) is 13.2. The molecule has 3 nitrogen and oxygen atoms in total. The van der Waals surface area contributed by atoms with Crippen molar-refractivity contribution in [2.24, 2.45) is 0 Å². The Hall–Kier alpha value is -0.120. The predicted molar refractivity (Wildman–Crippen MR) is 52.7 cm³/mol. The van der Waals surface area contributed by atoms with Gasteiger partial charge in [0.1, 0.15) is 0 Å². The molecule has 1 atom stereocenters. The van der Waals surface area contributed by atoms with Crippen LogP contribution in [0, 0.1) is 0 Å². The zero-order valence-corrected chi connectivity index (χ0v) is 8.54. The molecule has 0 aromatic rings. The Kier molecular flexibility index (Phi) is 9.87. The largest absolute Gasteiger partial charge is 0.396 e. The average molecular weight is 190 g/mol. The van der Waals surface area contributed by atoms with Crippen LogP contribution in [0.2, 0.25) is 0 Å². The van der Waals surface area contributed by atoms with Gasteiger partial charge >= 0.3 is 0 Å². The van der Waals surface area contributed by atoms with Crippen LogP contribution in [0.4, 0.5) is 0 Å². The van der Waals surface area contributed by atoms with E-state index in [4.69, 9.17) is 9.84 Å². The Balaban J connectivity index is 2.97. The second kappa shape index (κ2) is 9.96. The predicted octanol–water partition coefficient (Wildman–Crippen LogP) is 1.33. The summed E-state index contributed by atoms with van der Waals surface area (Å²) in [7, 11) is 1.60. The van der Waals surface area contributed by atoms with Crippen molar-refractivity contribution >= 4 is 0 Å². The highest BCUT2D eigenvalue weighted by Gasteiger charge is 2.01. The van der Waals surface area contributed by atoms with Gasteiger partial charge in [-0.1, -0.05) is 25.7 Å². The molecule has 80 valence electrons. The van der Waals surface area contributed by atoms with E-state index in [1.807, 2.05) is 0 Å². The maximum absolute atomic E-state index is 9.29. The molecule has 0 aliphatic rings. The van der Waals surface area contributed by atoms with Crippen molar-refractivity contribution in [3.63, 3.8) is 0 Å². The SMILES string of the molecule is COCC(O)CCCCCCCO. The maximum Gasteiger partial charge on any atom is 0.0773 e. The van der Waals surface area contributed by atoms with E-state index in [0.717, 1.165) is 38.5 Å². The second-order valence-electron chi connectivity index (χ2n) is 3.39. The van der Waals surface area contributed by atoms with Crippen LogP contribution in [0.1, 0.15) is 38.5 Å². The number of ether oxygens (including phenoxy) is 1. The van der Waals surface area contributed by atoms with Gasteiger partial charge in [0.2, 0.25) is 0 Å². The fraction of sp³-hybridized carbons (Fsp3) is 1.00. The van der Waals surface area contributed by atoms with E-state index in [0.29, 0.717) is 13.2 Å². The van der Waals surface area contributed by atoms with Gasteiger partial charge in [-0.15, -0.1) is 0 Å². The lowest BCUT2D eigenvalue weighted by molar-refractivity contribution is 0.0575. The molecule has 0 aromatic heterocycles. The summed E-state index contributed by atoms with van der Waals surface area (Å²) in [6, 6.07) is 0. The first-order valence-corrected chi connectivity index (χ1v) is 5.09. The summed E-state index contributed by atoms with van der Waals surface area (Å²) in [5, 5.41) is 17.8. The highest BCUT2D eigenvalue weighted by molar-refractivity contribution is 4.54. The monoisotopic (exact) mass is 190 g/mol. The lowest BCUT2D eigenvalue weighted by Crippen LogP contribution is -2.13. The molecular formula is C10H22O3. The van der Waals surface area contributed by atoms with Crippen LogP contribution >= 0.6 is 0 Å². The van der Waals surface area contributed by atoms with Crippen molar-refractivity contribution in [2.75, 3.05) is 20.3 Å². The first kappa shape index (κ1) is 12.9. The van der Waals surface area contributed by atoms with Gasteiger partial charge in [0.15, 0.2) is 0 Å². The lowest BCUT2D eigenvalue weighted by Gasteiger charge is -2.08. The molecule has 0 aliphatic carbocycles. The van der Waals surface area contributed by atoms with Crippen molar-refractivity contribution in [2.45, 2.75) is 44.6 Å². The van der Waals surface area contributed by atoms with Crippen molar-refractivity contribution < 1.29 is 14.9 Å². The summed E-state index contributed by atoms with van der Waals surface area (Å²) in [6.45, 7) is 0.739. The molecular weight excluding hydrogens is 168 g/mol. The van der Waals surface area contributed by atoms with Gasteiger partial charge in [0.05, 0.1) is 12.7 Å². The molecule has 0 saturated carbocycles. The quantitative estimate of drug-likeness (QED) is 0.539. The number of hydrogen-bond donors (Lipinski definition) is 2. The standard InChI is InChI=1S/C10H22O3/c1-13-9-10(12)7-5-3-2-4-6-8-11/h10-12H,2-9H2,1H3. The summed E-state index contributed by atoms with van der Waals surface area (Å²) in [4.78, 5) is 0. The lowest BCUT2D eigenvalue weighted by atomic mass is 10.1. The Bertz CT molecular complexity index is 96.2. The fourth-order valence-corrected chi connectivity index (χ4v) is 1.30. The van der Waals surface area contributed by atoms with Gasteiger partial charge in [0.25, 0.3) is 0 Å². The van der Waals surface area contributed by atoms with Crippen molar-refractivity contribution in [3.8, 4) is 0 Å². The van der Waals surface area contributed by atoms with Crippen LogP contribution in [0.5, 0.6) is 0 Å². The van der Waals surface area contributed by atoms with Gasteiger partial charge in [-0.3, -0.25) is 0 Å². The summed E-state index contributed by atoms with van der Waals surface area (Å²) in [6.07, 6.45) is 5.87. The van der Waals surface area contributed by atoms with E-state index >= 15 is 0 Å². The number of aliphatic hydroxyl groups excluding tert-OH is 2. The Labute approximate surface area is 80.7 Å².